The number of carbonyl (C=O) groups excluding carboxylic acids is 4. The third-order valence-electron chi connectivity index (χ3n) is 6.27. The standard InChI is InChI=1S/C23H31N3O5/c1-3-9-18(17-11-5-4-6-12-17)24-19(27)15-31-20(28)14-26-21(29)23(25-22(26)30)13-8-7-10-16(23)2/h4-6,11-12,16,18H,3,7-10,13-15H2,1-2H3,(H,24,27)(H,25,30). The quantitative estimate of drug-likeness (QED) is 0.488. The highest BCUT2D eigenvalue weighted by Crippen LogP contribution is 2.38. The van der Waals surface area contributed by atoms with Crippen LogP contribution >= 0.6 is 0 Å². The Labute approximate surface area is 182 Å². The van der Waals surface area contributed by atoms with Crippen molar-refractivity contribution in [2.75, 3.05) is 13.2 Å². The summed E-state index contributed by atoms with van der Waals surface area (Å²) in [5, 5.41) is 5.67. The van der Waals surface area contributed by atoms with E-state index in [1.807, 2.05) is 44.2 Å². The predicted molar refractivity (Wildman–Crippen MR) is 114 cm³/mol. The normalized spacial score (nSPS) is 24.1. The van der Waals surface area contributed by atoms with E-state index in [-0.39, 0.29) is 17.9 Å². The molecular formula is C23H31N3O5. The molecule has 31 heavy (non-hydrogen) atoms. The molecule has 168 valence electrons. The molecule has 0 radical (unpaired) electrons. The Kier molecular flexibility index (Phi) is 7.30. The second kappa shape index (κ2) is 9.94. The van der Waals surface area contributed by atoms with E-state index in [1.165, 1.54) is 0 Å². The van der Waals surface area contributed by atoms with Crippen molar-refractivity contribution < 1.29 is 23.9 Å². The van der Waals surface area contributed by atoms with E-state index in [0.717, 1.165) is 42.6 Å². The van der Waals surface area contributed by atoms with E-state index < -0.39 is 36.6 Å². The van der Waals surface area contributed by atoms with Crippen LogP contribution in [0.15, 0.2) is 30.3 Å². The molecule has 3 atom stereocenters. The highest BCUT2D eigenvalue weighted by Gasteiger charge is 2.55. The van der Waals surface area contributed by atoms with Crippen molar-refractivity contribution in [2.45, 2.75) is 64.0 Å². The van der Waals surface area contributed by atoms with Crippen LogP contribution in [-0.4, -0.2) is 47.4 Å². The Morgan fingerprint density at radius 2 is 2.00 bits per heavy atom. The second-order valence-corrected chi connectivity index (χ2v) is 8.42. The number of amides is 4. The lowest BCUT2D eigenvalue weighted by atomic mass is 9.73. The maximum absolute atomic E-state index is 12.9. The number of esters is 1. The van der Waals surface area contributed by atoms with Gasteiger partial charge in [-0.1, -0.05) is 63.4 Å². The van der Waals surface area contributed by atoms with Gasteiger partial charge >= 0.3 is 12.0 Å². The lowest BCUT2D eigenvalue weighted by Gasteiger charge is -2.36. The number of urea groups is 1. The number of imide groups is 1. The Morgan fingerprint density at radius 3 is 2.68 bits per heavy atom. The minimum Gasteiger partial charge on any atom is -0.454 e. The van der Waals surface area contributed by atoms with Crippen molar-refractivity contribution in [3.05, 3.63) is 35.9 Å². The molecule has 2 aliphatic rings. The fourth-order valence-corrected chi connectivity index (χ4v) is 4.49. The molecule has 1 aliphatic carbocycles. The molecule has 8 heteroatoms. The van der Waals surface area contributed by atoms with Gasteiger partial charge in [0.2, 0.25) is 0 Å². The van der Waals surface area contributed by atoms with Crippen LogP contribution in [0.3, 0.4) is 0 Å². The summed E-state index contributed by atoms with van der Waals surface area (Å²) in [5.74, 6) is -1.58. The summed E-state index contributed by atoms with van der Waals surface area (Å²) in [7, 11) is 0. The van der Waals surface area contributed by atoms with Gasteiger partial charge in [0.25, 0.3) is 11.8 Å². The van der Waals surface area contributed by atoms with Gasteiger partial charge in [0.1, 0.15) is 12.1 Å². The predicted octanol–water partition coefficient (Wildman–Crippen LogP) is 2.69. The van der Waals surface area contributed by atoms with Crippen molar-refractivity contribution in [3.63, 3.8) is 0 Å². The highest BCUT2D eigenvalue weighted by molar-refractivity contribution is 6.09. The summed E-state index contributed by atoms with van der Waals surface area (Å²) in [5.41, 5.74) is 0.0611. The molecule has 4 amide bonds. The van der Waals surface area contributed by atoms with Crippen LogP contribution < -0.4 is 10.6 Å². The van der Waals surface area contributed by atoms with E-state index in [0.29, 0.717) is 6.42 Å². The molecule has 0 aromatic heterocycles. The Bertz CT molecular complexity index is 828. The van der Waals surface area contributed by atoms with Crippen molar-refractivity contribution in [1.29, 1.82) is 0 Å². The molecule has 1 saturated heterocycles. The van der Waals surface area contributed by atoms with Gasteiger partial charge in [-0.25, -0.2) is 4.79 Å². The summed E-state index contributed by atoms with van der Waals surface area (Å²) in [6, 6.07) is 8.84. The van der Waals surface area contributed by atoms with Crippen molar-refractivity contribution in [2.24, 2.45) is 5.92 Å². The maximum atomic E-state index is 12.9. The van der Waals surface area contributed by atoms with E-state index in [2.05, 4.69) is 10.6 Å². The number of benzene rings is 1. The van der Waals surface area contributed by atoms with Gasteiger partial charge < -0.3 is 15.4 Å². The van der Waals surface area contributed by atoms with E-state index >= 15 is 0 Å². The van der Waals surface area contributed by atoms with E-state index in [1.54, 1.807) is 0 Å². The molecule has 3 unspecified atom stereocenters. The lowest BCUT2D eigenvalue weighted by molar-refractivity contribution is -0.151. The topological polar surface area (TPSA) is 105 Å². The molecule has 1 aromatic carbocycles. The largest absolute Gasteiger partial charge is 0.454 e. The fourth-order valence-electron chi connectivity index (χ4n) is 4.49. The first kappa shape index (κ1) is 22.8. The summed E-state index contributed by atoms with van der Waals surface area (Å²) < 4.78 is 5.06. The first-order valence-electron chi connectivity index (χ1n) is 11.0. The number of nitrogens with one attached hydrogen (secondary N) is 2. The Morgan fingerprint density at radius 1 is 1.26 bits per heavy atom. The molecule has 1 aromatic rings. The first-order valence-corrected chi connectivity index (χ1v) is 11.0. The van der Waals surface area contributed by atoms with Gasteiger partial charge in [-0.05, 0) is 30.7 Å². The second-order valence-electron chi connectivity index (χ2n) is 8.42. The number of carbonyl (C=O) groups is 4. The van der Waals surface area contributed by atoms with Gasteiger partial charge in [0.05, 0.1) is 6.04 Å². The van der Waals surface area contributed by atoms with Crippen molar-refractivity contribution in [3.8, 4) is 0 Å². The van der Waals surface area contributed by atoms with Gasteiger partial charge in [-0.15, -0.1) is 0 Å². The molecule has 3 rings (SSSR count). The molecular weight excluding hydrogens is 398 g/mol. The van der Waals surface area contributed by atoms with Crippen LogP contribution in [0.1, 0.15) is 64.0 Å². The monoisotopic (exact) mass is 429 g/mol. The SMILES string of the molecule is CCCC(NC(=O)COC(=O)CN1C(=O)NC2(CCCCC2C)C1=O)c1ccccc1. The first-order chi connectivity index (χ1) is 14.9. The van der Waals surface area contributed by atoms with Gasteiger partial charge in [-0.2, -0.15) is 0 Å². The average molecular weight is 430 g/mol. The number of ether oxygens (including phenoxy) is 1. The lowest BCUT2D eigenvalue weighted by Crippen LogP contribution is -2.54. The van der Waals surface area contributed by atoms with Crippen LogP contribution in [0.4, 0.5) is 4.79 Å². The zero-order valence-electron chi connectivity index (χ0n) is 18.2. The molecule has 8 nitrogen and oxygen atoms in total. The van der Waals surface area contributed by atoms with Crippen LogP contribution in [0.2, 0.25) is 0 Å². The number of hydrogen-bond donors (Lipinski definition) is 2. The number of rotatable bonds is 8. The summed E-state index contributed by atoms with van der Waals surface area (Å²) in [4.78, 5) is 50.7. The molecule has 2 N–H and O–H groups in total. The molecule has 1 aliphatic heterocycles. The third-order valence-corrected chi connectivity index (χ3v) is 6.27. The van der Waals surface area contributed by atoms with Gasteiger partial charge in [-0.3, -0.25) is 19.3 Å². The van der Waals surface area contributed by atoms with Crippen molar-refractivity contribution in [1.82, 2.24) is 15.5 Å². The smallest absolute Gasteiger partial charge is 0.326 e. The Balaban J connectivity index is 1.52. The Hall–Kier alpha value is -2.90. The van der Waals surface area contributed by atoms with E-state index in [4.69, 9.17) is 4.74 Å². The molecule has 1 saturated carbocycles. The summed E-state index contributed by atoms with van der Waals surface area (Å²) in [6.07, 6.45) is 4.94. The van der Waals surface area contributed by atoms with Crippen LogP contribution in [0, 0.1) is 5.92 Å². The average Bonchev–Trinajstić information content (AvgIpc) is 2.99. The molecule has 0 bridgehead atoms. The van der Waals surface area contributed by atoms with Gasteiger partial charge in [0, 0.05) is 0 Å². The van der Waals surface area contributed by atoms with Crippen LogP contribution in [-0.2, 0) is 19.1 Å². The maximum Gasteiger partial charge on any atom is 0.326 e. The van der Waals surface area contributed by atoms with Crippen LogP contribution in [0.25, 0.3) is 0 Å². The van der Waals surface area contributed by atoms with Gasteiger partial charge in [0.15, 0.2) is 6.61 Å². The zero-order chi connectivity index (χ0) is 22.4. The van der Waals surface area contributed by atoms with Crippen molar-refractivity contribution >= 4 is 23.8 Å². The number of hydrogen-bond acceptors (Lipinski definition) is 5. The highest BCUT2D eigenvalue weighted by atomic mass is 16.5. The molecule has 1 spiro atoms. The summed E-state index contributed by atoms with van der Waals surface area (Å²) in [6.45, 7) is 3.02. The summed E-state index contributed by atoms with van der Waals surface area (Å²) >= 11 is 0. The third kappa shape index (κ3) is 5.06. The minimum atomic E-state index is -0.921. The molecule has 1 heterocycles. The molecule has 2 fully saturated rings. The van der Waals surface area contributed by atoms with E-state index in [9.17, 15) is 19.2 Å². The zero-order valence-corrected chi connectivity index (χ0v) is 18.2. The number of nitrogens with zero attached hydrogens (tertiary/aromatic N) is 1. The fraction of sp³-hybridized carbons (Fsp3) is 0.565. The minimum absolute atomic E-state index is 0.0120. The van der Waals surface area contributed by atoms with Crippen LogP contribution in [0.5, 0.6) is 0 Å².